The highest BCUT2D eigenvalue weighted by molar-refractivity contribution is 7.89. The minimum atomic E-state index is -3.92. The molecule has 0 unspecified atom stereocenters. The molecule has 2 rings (SSSR count). The summed E-state index contributed by atoms with van der Waals surface area (Å²) in [7, 11) is -3.92. The van der Waals surface area contributed by atoms with E-state index in [1.54, 1.807) is 13.8 Å². The van der Waals surface area contributed by atoms with Crippen LogP contribution >= 0.6 is 11.6 Å². The van der Waals surface area contributed by atoms with Gasteiger partial charge in [0.25, 0.3) is 0 Å². The Morgan fingerprint density at radius 2 is 2.05 bits per heavy atom. The molecule has 1 aliphatic carbocycles. The smallest absolute Gasteiger partial charge is 0.246 e. The van der Waals surface area contributed by atoms with Crippen LogP contribution in [0.1, 0.15) is 32.3 Å². The van der Waals surface area contributed by atoms with Gasteiger partial charge < -0.3 is 5.73 Å². The lowest BCUT2D eigenvalue weighted by Gasteiger charge is -2.26. The van der Waals surface area contributed by atoms with E-state index in [0.29, 0.717) is 12.5 Å². The van der Waals surface area contributed by atoms with Gasteiger partial charge in [-0.1, -0.05) is 11.6 Å². The molecule has 21 heavy (non-hydrogen) atoms. The topological polar surface area (TPSA) is 63.4 Å². The summed E-state index contributed by atoms with van der Waals surface area (Å²) in [6.07, 6.45) is 2.04. The second-order valence-electron chi connectivity index (χ2n) is 5.69. The monoisotopic (exact) mass is 334 g/mol. The van der Waals surface area contributed by atoms with Crippen molar-refractivity contribution in [2.75, 3.05) is 6.54 Å². The summed E-state index contributed by atoms with van der Waals surface area (Å²) in [5.74, 6) is -0.429. The van der Waals surface area contributed by atoms with Crippen LogP contribution in [0.4, 0.5) is 4.39 Å². The second-order valence-corrected chi connectivity index (χ2v) is 7.99. The Bertz CT molecular complexity index is 630. The van der Waals surface area contributed by atoms with Crippen LogP contribution in [-0.4, -0.2) is 25.3 Å². The Morgan fingerprint density at radius 1 is 1.43 bits per heavy atom. The highest BCUT2D eigenvalue weighted by Crippen LogP contribution is 2.34. The lowest BCUT2D eigenvalue weighted by Crippen LogP contribution is -2.39. The molecule has 0 radical (unpaired) electrons. The van der Waals surface area contributed by atoms with Crippen molar-refractivity contribution in [3.05, 3.63) is 28.5 Å². The van der Waals surface area contributed by atoms with Crippen LogP contribution in [0, 0.1) is 11.7 Å². The minimum absolute atomic E-state index is 0.0980. The molecule has 0 aliphatic heterocycles. The summed E-state index contributed by atoms with van der Waals surface area (Å²) < 4.78 is 41.3. The molecule has 1 aromatic carbocycles. The zero-order valence-corrected chi connectivity index (χ0v) is 13.7. The van der Waals surface area contributed by atoms with Gasteiger partial charge in [0.2, 0.25) is 10.0 Å². The number of nitrogens with two attached hydrogens (primary N) is 1. The van der Waals surface area contributed by atoms with E-state index in [-0.39, 0.29) is 28.1 Å². The first-order valence-corrected chi connectivity index (χ1v) is 8.79. The average molecular weight is 335 g/mol. The molecule has 0 saturated heterocycles. The number of benzene rings is 1. The van der Waals surface area contributed by atoms with Gasteiger partial charge in [-0.15, -0.1) is 0 Å². The molecular formula is C14H20ClFN2O2S. The van der Waals surface area contributed by atoms with E-state index in [0.717, 1.165) is 18.9 Å². The van der Waals surface area contributed by atoms with Crippen LogP contribution in [0.2, 0.25) is 5.02 Å². The highest BCUT2D eigenvalue weighted by Gasteiger charge is 2.35. The van der Waals surface area contributed by atoms with Crippen molar-refractivity contribution in [3.63, 3.8) is 0 Å². The van der Waals surface area contributed by atoms with Gasteiger partial charge in [-0.05, 0) is 44.7 Å². The predicted molar refractivity (Wildman–Crippen MR) is 81.1 cm³/mol. The first-order chi connectivity index (χ1) is 9.77. The first-order valence-electron chi connectivity index (χ1n) is 6.97. The third-order valence-electron chi connectivity index (χ3n) is 3.60. The molecule has 1 aliphatic rings. The van der Waals surface area contributed by atoms with E-state index in [1.807, 2.05) is 0 Å². The maximum absolute atomic E-state index is 14.4. The fourth-order valence-corrected chi connectivity index (χ4v) is 4.38. The van der Waals surface area contributed by atoms with Crippen molar-refractivity contribution in [3.8, 4) is 0 Å². The summed E-state index contributed by atoms with van der Waals surface area (Å²) in [5.41, 5.74) is 5.56. The van der Waals surface area contributed by atoms with Gasteiger partial charge in [-0.3, -0.25) is 0 Å². The van der Waals surface area contributed by atoms with Gasteiger partial charge >= 0.3 is 0 Å². The van der Waals surface area contributed by atoms with Gasteiger partial charge in [0.05, 0.1) is 0 Å². The van der Waals surface area contributed by atoms with E-state index >= 15 is 0 Å². The van der Waals surface area contributed by atoms with Gasteiger partial charge in [0.15, 0.2) is 0 Å². The maximum atomic E-state index is 14.4. The Labute approximate surface area is 130 Å². The van der Waals surface area contributed by atoms with Crippen LogP contribution in [0.5, 0.6) is 0 Å². The fraction of sp³-hybridized carbons (Fsp3) is 0.571. The first kappa shape index (κ1) is 16.7. The number of sulfonamides is 1. The molecule has 7 heteroatoms. The molecule has 2 N–H and O–H groups in total. The zero-order valence-electron chi connectivity index (χ0n) is 12.1. The Kier molecular flexibility index (Phi) is 4.92. The van der Waals surface area contributed by atoms with Crippen molar-refractivity contribution in [1.82, 2.24) is 4.31 Å². The van der Waals surface area contributed by atoms with Crippen molar-refractivity contribution in [1.29, 1.82) is 0 Å². The predicted octanol–water partition coefficient (Wildman–Crippen LogP) is 2.75. The standard InChI is InChI=1S/C14H20ClFN2O2S/c1-9(2)18(8-10-3-4-10)21(19,20)13-6-12(15)5-11(7-17)14(13)16/h5-6,9-10H,3-4,7-8,17H2,1-2H3. The normalized spacial score (nSPS) is 16.0. The van der Waals surface area contributed by atoms with Crippen molar-refractivity contribution in [2.45, 2.75) is 44.2 Å². The summed E-state index contributed by atoms with van der Waals surface area (Å²) in [4.78, 5) is -0.384. The summed E-state index contributed by atoms with van der Waals surface area (Å²) >= 11 is 5.90. The van der Waals surface area contributed by atoms with Crippen LogP contribution in [0.3, 0.4) is 0 Å². The lowest BCUT2D eigenvalue weighted by atomic mass is 10.2. The van der Waals surface area contributed by atoms with Crippen molar-refractivity contribution >= 4 is 21.6 Å². The van der Waals surface area contributed by atoms with E-state index in [9.17, 15) is 12.8 Å². The van der Waals surface area contributed by atoms with Crippen LogP contribution in [-0.2, 0) is 16.6 Å². The minimum Gasteiger partial charge on any atom is -0.326 e. The van der Waals surface area contributed by atoms with E-state index < -0.39 is 15.8 Å². The number of rotatable bonds is 6. The molecule has 0 bridgehead atoms. The number of halogens is 2. The van der Waals surface area contributed by atoms with Gasteiger partial charge in [-0.25, -0.2) is 12.8 Å². The van der Waals surface area contributed by atoms with Crippen LogP contribution in [0.25, 0.3) is 0 Å². The molecular weight excluding hydrogens is 315 g/mol. The molecule has 1 fully saturated rings. The summed E-state index contributed by atoms with van der Waals surface area (Å²) in [6.45, 7) is 3.89. The average Bonchev–Trinajstić information content (AvgIpc) is 3.21. The van der Waals surface area contributed by atoms with E-state index in [4.69, 9.17) is 17.3 Å². The molecule has 0 spiro atoms. The van der Waals surface area contributed by atoms with Crippen molar-refractivity contribution < 1.29 is 12.8 Å². The quantitative estimate of drug-likeness (QED) is 0.870. The number of hydrogen-bond donors (Lipinski definition) is 1. The Hall–Kier alpha value is -0.690. The van der Waals surface area contributed by atoms with Crippen LogP contribution < -0.4 is 5.73 Å². The van der Waals surface area contributed by atoms with E-state index in [1.165, 1.54) is 10.4 Å². The summed E-state index contributed by atoms with van der Waals surface area (Å²) in [5, 5.41) is 0.172. The van der Waals surface area contributed by atoms with Gasteiger partial charge in [0.1, 0.15) is 10.7 Å². The Balaban J connectivity index is 2.48. The van der Waals surface area contributed by atoms with Crippen molar-refractivity contribution in [2.24, 2.45) is 11.7 Å². The molecule has 0 amide bonds. The third kappa shape index (κ3) is 3.56. The van der Waals surface area contributed by atoms with Gasteiger partial charge in [0, 0.05) is 29.7 Å². The van der Waals surface area contributed by atoms with Crippen LogP contribution in [0.15, 0.2) is 17.0 Å². The zero-order chi connectivity index (χ0) is 15.8. The third-order valence-corrected chi connectivity index (χ3v) is 5.86. The second kappa shape index (κ2) is 6.20. The van der Waals surface area contributed by atoms with E-state index in [2.05, 4.69) is 0 Å². The lowest BCUT2D eigenvalue weighted by molar-refractivity contribution is 0.340. The number of nitrogens with zero attached hydrogens (tertiary/aromatic N) is 1. The fourth-order valence-electron chi connectivity index (χ4n) is 2.22. The maximum Gasteiger partial charge on any atom is 0.246 e. The summed E-state index contributed by atoms with van der Waals surface area (Å²) in [6, 6.07) is 2.28. The molecule has 0 aromatic heterocycles. The molecule has 4 nitrogen and oxygen atoms in total. The molecule has 0 heterocycles. The largest absolute Gasteiger partial charge is 0.326 e. The molecule has 0 atom stereocenters. The highest BCUT2D eigenvalue weighted by atomic mass is 35.5. The molecule has 1 aromatic rings. The Morgan fingerprint density at radius 3 is 2.52 bits per heavy atom. The SMILES string of the molecule is CC(C)N(CC1CC1)S(=O)(=O)c1cc(Cl)cc(CN)c1F. The molecule has 1 saturated carbocycles. The van der Waals surface area contributed by atoms with Gasteiger partial charge in [-0.2, -0.15) is 4.31 Å². The number of hydrogen-bond acceptors (Lipinski definition) is 3. The molecule has 118 valence electrons.